The van der Waals surface area contributed by atoms with E-state index in [1.54, 1.807) is 6.92 Å². The molecule has 2 nitrogen and oxygen atoms in total. The summed E-state index contributed by atoms with van der Waals surface area (Å²) in [6.45, 7) is 6.24. The molecule has 0 aliphatic rings. The Balaban J connectivity index is 0.000000500. The van der Waals surface area contributed by atoms with Gasteiger partial charge >= 0.3 is 0 Å². The maximum atomic E-state index is 8.86. The molecule has 14 heavy (non-hydrogen) atoms. The molecule has 0 spiro atoms. The van der Waals surface area contributed by atoms with Crippen LogP contribution in [0.15, 0.2) is 24.3 Å². The molecule has 0 heterocycles. The third-order valence-electron chi connectivity index (χ3n) is 1.92. The van der Waals surface area contributed by atoms with Gasteiger partial charge in [-0.15, -0.1) is 0 Å². The molecule has 0 saturated heterocycles. The van der Waals surface area contributed by atoms with E-state index in [1.807, 2.05) is 6.92 Å². The summed E-state index contributed by atoms with van der Waals surface area (Å²) in [6, 6.07) is 8.27. The smallest absolute Gasteiger partial charge is 0.0497 e. The highest BCUT2D eigenvalue weighted by molar-refractivity contribution is 5.23. The number of aryl methyl sites for hydroxylation is 1. The van der Waals surface area contributed by atoms with Crippen LogP contribution in [-0.2, 0) is 0 Å². The fraction of sp³-hybridized carbons (Fsp3) is 0.500. The van der Waals surface area contributed by atoms with E-state index in [2.05, 4.69) is 31.2 Å². The third kappa shape index (κ3) is 5.00. The summed E-state index contributed by atoms with van der Waals surface area (Å²) >= 11 is 0. The Morgan fingerprint density at radius 2 is 1.57 bits per heavy atom. The number of benzene rings is 1. The number of aliphatic hydroxyl groups is 2. The number of rotatable bonds is 2. The molecule has 1 unspecified atom stereocenters. The predicted octanol–water partition coefficient (Wildman–Crippen LogP) is 2.09. The molecule has 2 N–H and O–H groups in total. The molecule has 1 aromatic carbocycles. The number of aliphatic hydroxyl groups excluding tert-OH is 2. The van der Waals surface area contributed by atoms with Gasteiger partial charge in [0.15, 0.2) is 0 Å². The molecule has 0 fully saturated rings. The van der Waals surface area contributed by atoms with Crippen molar-refractivity contribution in [3.8, 4) is 0 Å². The first kappa shape index (κ1) is 13.1. The van der Waals surface area contributed by atoms with Crippen molar-refractivity contribution in [2.45, 2.75) is 26.7 Å². The summed E-state index contributed by atoms with van der Waals surface area (Å²) in [6.07, 6.45) is 0. The van der Waals surface area contributed by atoms with Crippen molar-refractivity contribution >= 4 is 0 Å². The van der Waals surface area contributed by atoms with Crippen molar-refractivity contribution in [3.05, 3.63) is 35.4 Å². The van der Waals surface area contributed by atoms with Crippen LogP contribution in [0.5, 0.6) is 0 Å². The van der Waals surface area contributed by atoms with Crippen molar-refractivity contribution in [3.63, 3.8) is 0 Å². The summed E-state index contributed by atoms with van der Waals surface area (Å²) in [5.74, 6) is 0.260. The molecule has 0 amide bonds. The molecule has 0 aliphatic carbocycles. The van der Waals surface area contributed by atoms with E-state index in [0.717, 1.165) is 0 Å². The summed E-state index contributed by atoms with van der Waals surface area (Å²) in [5, 5.41) is 16.4. The Bertz CT molecular complexity index is 229. The van der Waals surface area contributed by atoms with Crippen LogP contribution < -0.4 is 0 Å². The van der Waals surface area contributed by atoms with Gasteiger partial charge in [0.05, 0.1) is 0 Å². The quantitative estimate of drug-likeness (QED) is 0.760. The lowest BCUT2D eigenvalue weighted by Crippen LogP contribution is -1.97. The van der Waals surface area contributed by atoms with Crippen molar-refractivity contribution in [1.29, 1.82) is 0 Å². The Labute approximate surface area is 86.2 Å². The first-order valence-corrected chi connectivity index (χ1v) is 4.94. The van der Waals surface area contributed by atoms with Gasteiger partial charge in [0.2, 0.25) is 0 Å². The topological polar surface area (TPSA) is 40.5 Å². The summed E-state index contributed by atoms with van der Waals surface area (Å²) in [5.41, 5.74) is 2.47. The third-order valence-corrected chi connectivity index (χ3v) is 1.92. The zero-order chi connectivity index (χ0) is 11.0. The van der Waals surface area contributed by atoms with E-state index in [9.17, 15) is 0 Å². The minimum atomic E-state index is 0.225. The van der Waals surface area contributed by atoms with Crippen LogP contribution in [0.4, 0.5) is 0 Å². The van der Waals surface area contributed by atoms with Crippen LogP contribution >= 0.6 is 0 Å². The summed E-state index contributed by atoms with van der Waals surface area (Å²) in [7, 11) is 0. The van der Waals surface area contributed by atoms with Crippen LogP contribution in [0.1, 0.15) is 30.9 Å². The van der Waals surface area contributed by atoms with Crippen molar-refractivity contribution < 1.29 is 10.2 Å². The number of hydrogen-bond donors (Lipinski definition) is 2. The molecule has 1 rings (SSSR count). The van der Waals surface area contributed by atoms with E-state index >= 15 is 0 Å². The van der Waals surface area contributed by atoms with Gasteiger partial charge in [-0.2, -0.15) is 0 Å². The van der Waals surface area contributed by atoms with E-state index < -0.39 is 0 Å². The van der Waals surface area contributed by atoms with Crippen LogP contribution in [0, 0.1) is 6.92 Å². The maximum absolute atomic E-state index is 8.86. The van der Waals surface area contributed by atoms with Gasteiger partial charge in [0.1, 0.15) is 0 Å². The Morgan fingerprint density at radius 3 is 1.93 bits per heavy atom. The molecule has 0 bridgehead atoms. The Morgan fingerprint density at radius 1 is 1.14 bits per heavy atom. The average Bonchev–Trinajstić information content (AvgIpc) is 2.19. The van der Waals surface area contributed by atoms with Crippen molar-refractivity contribution in [1.82, 2.24) is 0 Å². The minimum absolute atomic E-state index is 0.225. The summed E-state index contributed by atoms with van der Waals surface area (Å²) < 4.78 is 0. The van der Waals surface area contributed by atoms with Crippen LogP contribution in [0.2, 0.25) is 0 Å². The first-order valence-electron chi connectivity index (χ1n) is 4.94. The van der Waals surface area contributed by atoms with Crippen molar-refractivity contribution in [2.75, 3.05) is 13.2 Å². The van der Waals surface area contributed by atoms with Crippen LogP contribution in [-0.4, -0.2) is 23.4 Å². The van der Waals surface area contributed by atoms with Crippen molar-refractivity contribution in [2.24, 2.45) is 0 Å². The highest BCUT2D eigenvalue weighted by atomic mass is 16.3. The molecule has 0 aromatic heterocycles. The van der Waals surface area contributed by atoms with Gasteiger partial charge in [0.25, 0.3) is 0 Å². The maximum Gasteiger partial charge on any atom is 0.0497 e. The van der Waals surface area contributed by atoms with Gasteiger partial charge in [-0.1, -0.05) is 36.8 Å². The molecule has 1 aromatic rings. The van der Waals surface area contributed by atoms with Gasteiger partial charge in [0, 0.05) is 19.1 Å². The minimum Gasteiger partial charge on any atom is -0.397 e. The largest absolute Gasteiger partial charge is 0.397 e. The molecule has 0 radical (unpaired) electrons. The Hall–Kier alpha value is -0.860. The highest BCUT2D eigenvalue weighted by Gasteiger charge is 2.01. The summed E-state index contributed by atoms with van der Waals surface area (Å²) in [4.78, 5) is 0. The van der Waals surface area contributed by atoms with Gasteiger partial charge < -0.3 is 10.2 Å². The second kappa shape index (κ2) is 7.54. The zero-order valence-corrected chi connectivity index (χ0v) is 9.20. The normalized spacial score (nSPS) is 11.5. The number of hydrogen-bond acceptors (Lipinski definition) is 2. The van der Waals surface area contributed by atoms with E-state index in [-0.39, 0.29) is 19.1 Å². The second-order valence-electron chi connectivity index (χ2n) is 3.31. The lowest BCUT2D eigenvalue weighted by Gasteiger charge is -2.07. The van der Waals surface area contributed by atoms with Gasteiger partial charge in [-0.3, -0.25) is 0 Å². The molecule has 1 atom stereocenters. The van der Waals surface area contributed by atoms with E-state index in [4.69, 9.17) is 10.2 Å². The molecule has 0 saturated carbocycles. The van der Waals surface area contributed by atoms with Crippen LogP contribution in [0.3, 0.4) is 0 Å². The first-order chi connectivity index (χ1) is 6.65. The fourth-order valence-electron chi connectivity index (χ4n) is 1.00. The second-order valence-corrected chi connectivity index (χ2v) is 3.31. The molecule has 80 valence electrons. The molecule has 0 aliphatic heterocycles. The van der Waals surface area contributed by atoms with E-state index in [0.29, 0.717) is 0 Å². The molecular formula is C12H20O2. The fourth-order valence-corrected chi connectivity index (χ4v) is 1.00. The van der Waals surface area contributed by atoms with Gasteiger partial charge in [-0.05, 0) is 19.4 Å². The lowest BCUT2D eigenvalue weighted by molar-refractivity contribution is 0.273. The van der Waals surface area contributed by atoms with Gasteiger partial charge in [-0.25, -0.2) is 0 Å². The average molecular weight is 196 g/mol. The molecular weight excluding hydrogens is 176 g/mol. The predicted molar refractivity (Wildman–Crippen MR) is 59.4 cm³/mol. The highest BCUT2D eigenvalue weighted by Crippen LogP contribution is 2.14. The Kier molecular flexibility index (Phi) is 7.07. The lowest BCUT2D eigenvalue weighted by atomic mass is 10.0. The van der Waals surface area contributed by atoms with E-state index in [1.165, 1.54) is 11.1 Å². The molecule has 2 heteroatoms. The zero-order valence-electron chi connectivity index (χ0n) is 9.20. The van der Waals surface area contributed by atoms with Crippen LogP contribution in [0.25, 0.3) is 0 Å². The monoisotopic (exact) mass is 196 g/mol. The standard InChI is InChI=1S/C10H14O.C2H6O/c1-8-3-5-10(6-4-8)9(2)7-11;1-2-3/h3-6,9,11H,7H2,1-2H3;3H,2H2,1H3. The SMILES string of the molecule is CCO.Cc1ccc(C(C)CO)cc1.